The van der Waals surface area contributed by atoms with Crippen LogP contribution in [0.15, 0.2) is 53.0 Å². The average Bonchev–Trinajstić information content (AvgIpc) is 2.53. The van der Waals surface area contributed by atoms with Crippen LogP contribution < -0.4 is 15.4 Å². The molecule has 0 saturated heterocycles. The van der Waals surface area contributed by atoms with Crippen molar-refractivity contribution in [3.63, 3.8) is 0 Å². The van der Waals surface area contributed by atoms with Gasteiger partial charge in [-0.3, -0.25) is 0 Å². The second kappa shape index (κ2) is 8.44. The van der Waals surface area contributed by atoms with E-state index in [9.17, 15) is 4.79 Å². The van der Waals surface area contributed by atoms with Gasteiger partial charge in [0.05, 0.1) is 6.54 Å². The summed E-state index contributed by atoms with van der Waals surface area (Å²) in [5, 5.41) is 5.57. The first kappa shape index (κ1) is 16.4. The van der Waals surface area contributed by atoms with Gasteiger partial charge in [-0.1, -0.05) is 45.8 Å². The molecule has 22 heavy (non-hydrogen) atoms. The summed E-state index contributed by atoms with van der Waals surface area (Å²) in [7, 11) is 0. The van der Waals surface area contributed by atoms with Crippen molar-refractivity contribution in [2.45, 2.75) is 13.5 Å². The number of amides is 2. The number of urea groups is 1. The number of benzene rings is 2. The Balaban J connectivity index is 1.61. The van der Waals surface area contributed by atoms with Gasteiger partial charge >= 0.3 is 6.03 Å². The Kier molecular flexibility index (Phi) is 6.27. The molecule has 5 heteroatoms. The molecule has 0 spiro atoms. The zero-order valence-corrected chi connectivity index (χ0v) is 14.0. The van der Waals surface area contributed by atoms with Crippen molar-refractivity contribution >= 4 is 22.0 Å². The molecule has 2 amide bonds. The molecule has 2 aromatic carbocycles. The third-order valence-electron chi connectivity index (χ3n) is 3.04. The van der Waals surface area contributed by atoms with E-state index in [-0.39, 0.29) is 6.03 Å². The molecule has 0 saturated carbocycles. The third kappa shape index (κ3) is 5.77. The molecule has 0 aliphatic heterocycles. The van der Waals surface area contributed by atoms with Crippen LogP contribution in [0.5, 0.6) is 5.75 Å². The third-order valence-corrected chi connectivity index (χ3v) is 3.57. The molecular formula is C17H19BrN2O2. The van der Waals surface area contributed by atoms with Crippen molar-refractivity contribution in [2.75, 3.05) is 13.2 Å². The van der Waals surface area contributed by atoms with Crippen LogP contribution in [-0.4, -0.2) is 19.2 Å². The maximum absolute atomic E-state index is 11.7. The van der Waals surface area contributed by atoms with Gasteiger partial charge in [-0.2, -0.15) is 0 Å². The Morgan fingerprint density at radius 1 is 1.05 bits per heavy atom. The van der Waals surface area contributed by atoms with Gasteiger partial charge in [-0.15, -0.1) is 0 Å². The first-order chi connectivity index (χ1) is 10.6. The Hall–Kier alpha value is -2.01. The molecule has 2 N–H and O–H groups in total. The number of rotatable bonds is 6. The summed E-state index contributed by atoms with van der Waals surface area (Å²) >= 11 is 3.37. The van der Waals surface area contributed by atoms with Crippen LogP contribution >= 0.6 is 15.9 Å². The maximum atomic E-state index is 11.7. The van der Waals surface area contributed by atoms with Crippen molar-refractivity contribution in [1.82, 2.24) is 10.6 Å². The zero-order chi connectivity index (χ0) is 15.8. The predicted octanol–water partition coefficient (Wildman–Crippen LogP) is 3.64. The lowest BCUT2D eigenvalue weighted by molar-refractivity contribution is 0.236. The van der Waals surface area contributed by atoms with E-state index in [0.29, 0.717) is 19.7 Å². The summed E-state index contributed by atoms with van der Waals surface area (Å²) in [6, 6.07) is 15.5. The maximum Gasteiger partial charge on any atom is 0.315 e. The highest BCUT2D eigenvalue weighted by atomic mass is 79.9. The monoisotopic (exact) mass is 362 g/mol. The topological polar surface area (TPSA) is 50.4 Å². The van der Waals surface area contributed by atoms with Crippen LogP contribution in [0.3, 0.4) is 0 Å². The lowest BCUT2D eigenvalue weighted by atomic mass is 10.1. The van der Waals surface area contributed by atoms with E-state index < -0.39 is 0 Å². The number of carbonyl (C=O) groups excluding carboxylic acids is 1. The van der Waals surface area contributed by atoms with Crippen LogP contribution in [-0.2, 0) is 6.54 Å². The molecule has 0 atom stereocenters. The van der Waals surface area contributed by atoms with Gasteiger partial charge in [0, 0.05) is 11.0 Å². The average molecular weight is 363 g/mol. The van der Waals surface area contributed by atoms with Crippen LogP contribution in [0.4, 0.5) is 4.79 Å². The standard InChI is InChI=1S/C17H19BrN2O2/c1-13-2-4-14(5-3-13)12-20-17(21)19-10-11-22-16-8-6-15(18)7-9-16/h2-9H,10-12H2,1H3,(H2,19,20,21). The van der Waals surface area contributed by atoms with E-state index in [1.807, 2.05) is 55.5 Å². The van der Waals surface area contributed by atoms with Gasteiger partial charge < -0.3 is 15.4 Å². The van der Waals surface area contributed by atoms with Gasteiger partial charge in [0.25, 0.3) is 0 Å². The van der Waals surface area contributed by atoms with Crippen molar-refractivity contribution in [2.24, 2.45) is 0 Å². The minimum absolute atomic E-state index is 0.194. The molecule has 4 nitrogen and oxygen atoms in total. The van der Waals surface area contributed by atoms with E-state index in [2.05, 4.69) is 26.6 Å². The predicted molar refractivity (Wildman–Crippen MR) is 91.1 cm³/mol. The van der Waals surface area contributed by atoms with Gasteiger partial charge in [0.15, 0.2) is 0 Å². The number of aryl methyl sites for hydroxylation is 1. The minimum Gasteiger partial charge on any atom is -0.492 e. The van der Waals surface area contributed by atoms with Crippen molar-refractivity contribution in [3.8, 4) is 5.75 Å². The second-order valence-electron chi connectivity index (χ2n) is 4.90. The first-order valence-electron chi connectivity index (χ1n) is 7.09. The number of hydrogen-bond acceptors (Lipinski definition) is 2. The quantitative estimate of drug-likeness (QED) is 0.770. The van der Waals surface area contributed by atoms with E-state index in [0.717, 1.165) is 15.8 Å². The number of nitrogens with one attached hydrogen (secondary N) is 2. The number of hydrogen-bond donors (Lipinski definition) is 2. The molecule has 2 rings (SSSR count). The normalized spacial score (nSPS) is 10.1. The molecule has 0 aliphatic carbocycles. The SMILES string of the molecule is Cc1ccc(CNC(=O)NCCOc2ccc(Br)cc2)cc1. The Morgan fingerprint density at radius 3 is 2.41 bits per heavy atom. The second-order valence-corrected chi connectivity index (χ2v) is 5.81. The van der Waals surface area contributed by atoms with Crippen molar-refractivity contribution < 1.29 is 9.53 Å². The van der Waals surface area contributed by atoms with Crippen LogP contribution in [0.25, 0.3) is 0 Å². The van der Waals surface area contributed by atoms with E-state index >= 15 is 0 Å². The lowest BCUT2D eigenvalue weighted by Crippen LogP contribution is -2.37. The largest absolute Gasteiger partial charge is 0.492 e. The fourth-order valence-electron chi connectivity index (χ4n) is 1.82. The number of ether oxygens (including phenoxy) is 1. The van der Waals surface area contributed by atoms with Crippen LogP contribution in [0, 0.1) is 6.92 Å². The first-order valence-corrected chi connectivity index (χ1v) is 7.88. The summed E-state index contributed by atoms with van der Waals surface area (Å²) in [6.45, 7) is 3.43. The summed E-state index contributed by atoms with van der Waals surface area (Å²) in [6.07, 6.45) is 0. The molecule has 2 aromatic rings. The minimum atomic E-state index is -0.194. The molecule has 0 heterocycles. The van der Waals surface area contributed by atoms with Crippen LogP contribution in [0.2, 0.25) is 0 Å². The molecule has 0 aromatic heterocycles. The van der Waals surface area contributed by atoms with Gasteiger partial charge in [0.1, 0.15) is 12.4 Å². The zero-order valence-electron chi connectivity index (χ0n) is 12.4. The molecule has 0 bridgehead atoms. The van der Waals surface area contributed by atoms with Gasteiger partial charge in [0.2, 0.25) is 0 Å². The lowest BCUT2D eigenvalue weighted by Gasteiger charge is -2.09. The van der Waals surface area contributed by atoms with Gasteiger partial charge in [-0.05, 0) is 36.8 Å². The molecular weight excluding hydrogens is 344 g/mol. The fourth-order valence-corrected chi connectivity index (χ4v) is 2.08. The highest BCUT2D eigenvalue weighted by Crippen LogP contribution is 2.15. The summed E-state index contributed by atoms with van der Waals surface area (Å²) in [5.74, 6) is 0.782. The Labute approximate surface area is 139 Å². The summed E-state index contributed by atoms with van der Waals surface area (Å²) in [5.41, 5.74) is 2.28. The molecule has 0 radical (unpaired) electrons. The van der Waals surface area contributed by atoms with E-state index in [4.69, 9.17) is 4.74 Å². The molecule has 0 unspecified atom stereocenters. The summed E-state index contributed by atoms with van der Waals surface area (Å²) < 4.78 is 6.53. The van der Waals surface area contributed by atoms with E-state index in [1.54, 1.807) is 0 Å². The van der Waals surface area contributed by atoms with Crippen LogP contribution in [0.1, 0.15) is 11.1 Å². The van der Waals surface area contributed by atoms with Gasteiger partial charge in [-0.25, -0.2) is 4.79 Å². The van der Waals surface area contributed by atoms with E-state index in [1.165, 1.54) is 5.56 Å². The Morgan fingerprint density at radius 2 is 1.73 bits per heavy atom. The molecule has 0 aliphatic rings. The highest BCUT2D eigenvalue weighted by Gasteiger charge is 2.00. The fraction of sp³-hybridized carbons (Fsp3) is 0.235. The molecule has 0 fully saturated rings. The highest BCUT2D eigenvalue weighted by molar-refractivity contribution is 9.10. The van der Waals surface area contributed by atoms with Crippen molar-refractivity contribution in [3.05, 3.63) is 64.1 Å². The summed E-state index contributed by atoms with van der Waals surface area (Å²) in [4.78, 5) is 11.7. The van der Waals surface area contributed by atoms with Crippen molar-refractivity contribution in [1.29, 1.82) is 0 Å². The molecule has 116 valence electrons. The number of halogens is 1. The smallest absolute Gasteiger partial charge is 0.315 e. The number of carbonyl (C=O) groups is 1. The Bertz CT molecular complexity index is 597.